The van der Waals surface area contributed by atoms with E-state index in [1.165, 1.54) is 0 Å². The summed E-state index contributed by atoms with van der Waals surface area (Å²) >= 11 is 0. The van der Waals surface area contributed by atoms with E-state index in [0.29, 0.717) is 17.7 Å². The maximum atomic E-state index is 11.3. The standard InChI is InChI=1S/C14H22N6O2/c1-10-4-8-19(9-5-10)14-16-12(15)11(20(21)22)13(17-14)18-6-2-3-7-18/h10H,2-9H2,1H3,(H2,15,16,17). The fourth-order valence-corrected chi connectivity index (χ4v) is 3.12. The molecule has 0 bridgehead atoms. The molecule has 0 aromatic carbocycles. The number of nitrogens with zero attached hydrogens (tertiary/aromatic N) is 5. The van der Waals surface area contributed by atoms with Crippen LogP contribution in [0.3, 0.4) is 0 Å². The van der Waals surface area contributed by atoms with E-state index in [2.05, 4.69) is 21.8 Å². The van der Waals surface area contributed by atoms with Gasteiger partial charge in [0.1, 0.15) is 0 Å². The molecule has 0 amide bonds. The fraction of sp³-hybridized carbons (Fsp3) is 0.714. The van der Waals surface area contributed by atoms with Gasteiger partial charge < -0.3 is 15.5 Å². The zero-order valence-corrected chi connectivity index (χ0v) is 12.9. The Labute approximate surface area is 129 Å². The van der Waals surface area contributed by atoms with Gasteiger partial charge in [-0.1, -0.05) is 6.92 Å². The first kappa shape index (κ1) is 14.8. The van der Waals surface area contributed by atoms with E-state index in [1.54, 1.807) is 0 Å². The third-order valence-electron chi connectivity index (χ3n) is 4.54. The van der Waals surface area contributed by atoms with Crippen LogP contribution in [0.5, 0.6) is 0 Å². The molecule has 2 aliphatic rings. The molecule has 2 aliphatic heterocycles. The number of hydrogen-bond donors (Lipinski definition) is 1. The lowest BCUT2D eigenvalue weighted by atomic mass is 10.00. The molecule has 1 aromatic rings. The lowest BCUT2D eigenvalue weighted by Gasteiger charge is -2.31. The van der Waals surface area contributed by atoms with Gasteiger partial charge in [0.15, 0.2) is 0 Å². The van der Waals surface area contributed by atoms with Crippen molar-refractivity contribution in [1.29, 1.82) is 0 Å². The molecular weight excluding hydrogens is 284 g/mol. The first-order valence-electron chi connectivity index (χ1n) is 7.88. The topological polar surface area (TPSA) is 101 Å². The molecule has 0 atom stereocenters. The predicted molar refractivity (Wildman–Crippen MR) is 85.2 cm³/mol. The van der Waals surface area contributed by atoms with Crippen molar-refractivity contribution in [1.82, 2.24) is 9.97 Å². The summed E-state index contributed by atoms with van der Waals surface area (Å²) in [5, 5.41) is 11.3. The third kappa shape index (κ3) is 2.77. The number of nitrogens with two attached hydrogens (primary N) is 1. The number of nitro groups is 1. The molecule has 0 saturated carbocycles. The van der Waals surface area contributed by atoms with Gasteiger partial charge in [-0.15, -0.1) is 0 Å². The number of rotatable bonds is 3. The zero-order chi connectivity index (χ0) is 15.7. The van der Waals surface area contributed by atoms with E-state index in [9.17, 15) is 10.1 Å². The number of anilines is 3. The molecule has 0 unspecified atom stereocenters. The lowest BCUT2D eigenvalue weighted by molar-refractivity contribution is -0.383. The summed E-state index contributed by atoms with van der Waals surface area (Å²) < 4.78 is 0. The second-order valence-electron chi connectivity index (χ2n) is 6.20. The quantitative estimate of drug-likeness (QED) is 0.671. The Hall–Kier alpha value is -2.12. The van der Waals surface area contributed by atoms with Crippen molar-refractivity contribution >= 4 is 23.3 Å². The molecule has 8 heteroatoms. The Morgan fingerprint density at radius 1 is 1.14 bits per heavy atom. The van der Waals surface area contributed by atoms with Gasteiger partial charge in [0.05, 0.1) is 4.92 Å². The van der Waals surface area contributed by atoms with Crippen LogP contribution in [-0.2, 0) is 0 Å². The molecule has 8 nitrogen and oxygen atoms in total. The minimum absolute atomic E-state index is 0.0319. The molecule has 3 rings (SSSR count). The van der Waals surface area contributed by atoms with E-state index in [-0.39, 0.29) is 11.5 Å². The van der Waals surface area contributed by atoms with Crippen molar-refractivity contribution < 1.29 is 4.92 Å². The van der Waals surface area contributed by atoms with Crippen LogP contribution in [0.25, 0.3) is 0 Å². The monoisotopic (exact) mass is 306 g/mol. The summed E-state index contributed by atoms with van der Waals surface area (Å²) in [6.45, 7) is 5.55. The third-order valence-corrected chi connectivity index (χ3v) is 4.54. The summed E-state index contributed by atoms with van der Waals surface area (Å²) in [4.78, 5) is 23.6. The normalized spacial score (nSPS) is 19.7. The van der Waals surface area contributed by atoms with Crippen molar-refractivity contribution in [2.45, 2.75) is 32.6 Å². The lowest BCUT2D eigenvalue weighted by Crippen LogP contribution is -2.35. The van der Waals surface area contributed by atoms with Gasteiger partial charge in [-0.3, -0.25) is 10.1 Å². The van der Waals surface area contributed by atoms with Crippen LogP contribution in [0.4, 0.5) is 23.3 Å². The zero-order valence-electron chi connectivity index (χ0n) is 12.9. The minimum atomic E-state index is -0.467. The fourth-order valence-electron chi connectivity index (χ4n) is 3.12. The SMILES string of the molecule is CC1CCN(c2nc(N)c([N+](=O)[O-])c(N3CCCC3)n2)CC1. The van der Waals surface area contributed by atoms with Crippen LogP contribution in [0.2, 0.25) is 0 Å². The van der Waals surface area contributed by atoms with E-state index in [1.807, 2.05) is 4.90 Å². The smallest absolute Gasteiger partial charge is 0.353 e. The Morgan fingerprint density at radius 2 is 1.77 bits per heavy atom. The highest BCUT2D eigenvalue weighted by Gasteiger charge is 2.30. The molecule has 0 radical (unpaired) electrons. The van der Waals surface area contributed by atoms with Crippen LogP contribution >= 0.6 is 0 Å². The second kappa shape index (κ2) is 5.94. The van der Waals surface area contributed by atoms with Gasteiger partial charge in [0.2, 0.25) is 17.6 Å². The molecule has 1 aromatic heterocycles. The Balaban J connectivity index is 1.96. The highest BCUT2D eigenvalue weighted by Crippen LogP contribution is 2.35. The Morgan fingerprint density at radius 3 is 2.36 bits per heavy atom. The summed E-state index contributed by atoms with van der Waals surface area (Å²) in [6.07, 6.45) is 4.22. The van der Waals surface area contributed by atoms with Gasteiger partial charge in [-0.25, -0.2) is 0 Å². The van der Waals surface area contributed by atoms with Crippen LogP contribution in [0, 0.1) is 16.0 Å². The molecular formula is C14H22N6O2. The average molecular weight is 306 g/mol. The maximum absolute atomic E-state index is 11.3. The van der Waals surface area contributed by atoms with Gasteiger partial charge >= 0.3 is 5.69 Å². The number of piperidine rings is 1. The van der Waals surface area contributed by atoms with Crippen molar-refractivity contribution in [3.63, 3.8) is 0 Å². The van der Waals surface area contributed by atoms with Gasteiger partial charge in [0, 0.05) is 26.2 Å². The van der Waals surface area contributed by atoms with Crippen molar-refractivity contribution in [3.8, 4) is 0 Å². The molecule has 120 valence electrons. The Bertz CT molecular complexity index is 565. The first-order chi connectivity index (χ1) is 10.6. The summed E-state index contributed by atoms with van der Waals surface area (Å²) in [5.41, 5.74) is 5.72. The van der Waals surface area contributed by atoms with Crippen molar-refractivity contribution in [3.05, 3.63) is 10.1 Å². The summed E-state index contributed by atoms with van der Waals surface area (Å²) in [7, 11) is 0. The highest BCUT2D eigenvalue weighted by atomic mass is 16.6. The Kier molecular flexibility index (Phi) is 4.00. The van der Waals surface area contributed by atoms with Gasteiger partial charge in [-0.05, 0) is 31.6 Å². The minimum Gasteiger partial charge on any atom is -0.378 e. The highest BCUT2D eigenvalue weighted by molar-refractivity contribution is 5.71. The molecule has 0 spiro atoms. The number of nitrogen functional groups attached to an aromatic ring is 1. The van der Waals surface area contributed by atoms with Crippen LogP contribution in [-0.4, -0.2) is 41.1 Å². The van der Waals surface area contributed by atoms with Gasteiger partial charge in [0.25, 0.3) is 0 Å². The first-order valence-corrected chi connectivity index (χ1v) is 7.88. The van der Waals surface area contributed by atoms with Gasteiger partial charge in [-0.2, -0.15) is 9.97 Å². The van der Waals surface area contributed by atoms with E-state index >= 15 is 0 Å². The molecule has 3 heterocycles. The molecule has 2 fully saturated rings. The molecule has 0 aliphatic carbocycles. The average Bonchev–Trinajstić information content (AvgIpc) is 3.00. The van der Waals surface area contributed by atoms with Crippen LogP contribution in [0.15, 0.2) is 0 Å². The van der Waals surface area contributed by atoms with Crippen LogP contribution < -0.4 is 15.5 Å². The molecule has 22 heavy (non-hydrogen) atoms. The second-order valence-corrected chi connectivity index (χ2v) is 6.20. The van der Waals surface area contributed by atoms with Crippen LogP contribution in [0.1, 0.15) is 32.6 Å². The van der Waals surface area contributed by atoms with Crippen molar-refractivity contribution in [2.75, 3.05) is 41.7 Å². The largest absolute Gasteiger partial charge is 0.378 e. The van der Waals surface area contributed by atoms with E-state index in [4.69, 9.17) is 5.73 Å². The summed E-state index contributed by atoms with van der Waals surface area (Å²) in [6, 6.07) is 0. The molecule has 2 saturated heterocycles. The maximum Gasteiger partial charge on any atom is 0.353 e. The predicted octanol–water partition coefficient (Wildman–Crippen LogP) is 1.80. The van der Waals surface area contributed by atoms with Crippen molar-refractivity contribution in [2.24, 2.45) is 5.92 Å². The number of aromatic nitrogens is 2. The van der Waals surface area contributed by atoms with E-state index < -0.39 is 4.92 Å². The summed E-state index contributed by atoms with van der Waals surface area (Å²) in [5.74, 6) is 1.57. The number of hydrogen-bond acceptors (Lipinski definition) is 7. The molecule has 2 N–H and O–H groups in total. The van der Waals surface area contributed by atoms with E-state index in [0.717, 1.165) is 51.9 Å².